The Balaban J connectivity index is 0. The van der Waals surface area contributed by atoms with E-state index in [9.17, 15) is 0 Å². The average molecular weight is 173 g/mol. The fourth-order valence-corrected chi connectivity index (χ4v) is 0.303. The van der Waals surface area contributed by atoms with E-state index in [1.54, 1.807) is 6.08 Å². The molecule has 0 radical (unpaired) electrons. The predicted molar refractivity (Wildman–Crippen MR) is 41.8 cm³/mol. The maximum atomic E-state index is 5.13. The molecule has 0 amide bonds. The second kappa shape index (κ2) is 15.7. The van der Waals surface area contributed by atoms with Gasteiger partial charge in [0.1, 0.15) is 0 Å². The largest absolute Gasteiger partial charge is 0.122 e. The van der Waals surface area contributed by atoms with Crippen molar-refractivity contribution < 1.29 is 0 Å². The van der Waals surface area contributed by atoms with Crippen LogP contribution in [0.15, 0.2) is 23.7 Å². The topological polar surface area (TPSA) is 0 Å². The van der Waals surface area contributed by atoms with Gasteiger partial charge in [-0.2, -0.15) is 0 Å². The first-order valence-corrected chi connectivity index (χ1v) is 3.26. The molecule has 0 spiro atoms. The molecule has 0 saturated carbocycles. The van der Waals surface area contributed by atoms with Crippen LogP contribution >= 0.6 is 34.8 Å². The molecule has 0 atom stereocenters. The van der Waals surface area contributed by atoms with Gasteiger partial charge in [0.2, 0.25) is 0 Å². The van der Waals surface area contributed by atoms with Crippen molar-refractivity contribution in [3.8, 4) is 0 Å². The molecule has 0 nitrogen and oxygen atoms in total. The summed E-state index contributed by atoms with van der Waals surface area (Å²) in [7, 11) is 0. The van der Waals surface area contributed by atoms with Crippen molar-refractivity contribution >= 4 is 34.8 Å². The lowest BCUT2D eigenvalue weighted by Gasteiger charge is -1.61. The van der Waals surface area contributed by atoms with Crippen molar-refractivity contribution in [1.29, 1.82) is 0 Å². The number of allylic oxidation sites excluding steroid dienone is 1. The molecular weight excluding hydrogens is 166 g/mol. The predicted octanol–water partition coefficient (Wildman–Crippen LogP) is 3.35. The highest BCUT2D eigenvalue weighted by Gasteiger charge is 1.56. The Labute approximate surface area is 64.7 Å². The van der Waals surface area contributed by atoms with Gasteiger partial charge in [-0.1, -0.05) is 35.9 Å². The summed E-state index contributed by atoms with van der Waals surface area (Å²) < 4.78 is 0. The lowest BCUT2D eigenvalue weighted by atomic mass is 10.8. The second-order valence-corrected chi connectivity index (χ2v) is 1.54. The SMILES string of the molecule is C=CCl.ClC=CCCl. The standard InChI is InChI=1S/C3H4Cl2.C2H3Cl/c4-2-1-3-5;1-2-3/h1-2H,3H2;2H,1H2. The van der Waals surface area contributed by atoms with Gasteiger partial charge in [-0.25, -0.2) is 0 Å². The van der Waals surface area contributed by atoms with Gasteiger partial charge in [0.05, 0.1) is 0 Å². The van der Waals surface area contributed by atoms with Crippen molar-refractivity contribution in [3.63, 3.8) is 0 Å². The molecule has 0 aromatic heterocycles. The van der Waals surface area contributed by atoms with E-state index >= 15 is 0 Å². The summed E-state index contributed by atoms with van der Waals surface area (Å²) in [6.07, 6.45) is 1.66. The van der Waals surface area contributed by atoms with Crippen molar-refractivity contribution in [1.82, 2.24) is 0 Å². The molecule has 0 rings (SSSR count). The minimum absolute atomic E-state index is 0.503. The third-order valence-corrected chi connectivity index (χ3v) is 0.535. The molecule has 0 N–H and O–H groups in total. The van der Waals surface area contributed by atoms with Crippen molar-refractivity contribution in [3.05, 3.63) is 23.7 Å². The Kier molecular flexibility index (Phi) is 21.9. The molecule has 0 aromatic carbocycles. The van der Waals surface area contributed by atoms with E-state index in [-0.39, 0.29) is 0 Å². The van der Waals surface area contributed by atoms with Crippen LogP contribution in [0.3, 0.4) is 0 Å². The molecule has 0 heterocycles. The quantitative estimate of drug-likeness (QED) is 0.534. The summed E-state index contributed by atoms with van der Waals surface area (Å²) in [6.45, 7) is 3.13. The Hall–Kier alpha value is 0.350. The summed E-state index contributed by atoms with van der Waals surface area (Å²) in [5.41, 5.74) is 2.62. The number of hydrogen-bond acceptors (Lipinski definition) is 0. The second-order valence-electron chi connectivity index (χ2n) is 0.670. The fourth-order valence-electron chi connectivity index (χ4n) is 0.0337. The van der Waals surface area contributed by atoms with Gasteiger partial charge >= 0.3 is 0 Å². The molecule has 0 saturated heterocycles. The highest BCUT2D eigenvalue weighted by molar-refractivity contribution is 6.26. The van der Waals surface area contributed by atoms with Crippen molar-refractivity contribution in [2.75, 3.05) is 5.88 Å². The molecule has 0 aliphatic rings. The van der Waals surface area contributed by atoms with Crippen LogP contribution in [0.2, 0.25) is 0 Å². The molecule has 3 heteroatoms. The van der Waals surface area contributed by atoms with Crippen LogP contribution in [0.4, 0.5) is 0 Å². The Morgan fingerprint density at radius 1 is 1.38 bits per heavy atom. The van der Waals surface area contributed by atoms with Crippen LogP contribution in [-0.4, -0.2) is 5.88 Å². The van der Waals surface area contributed by atoms with Gasteiger partial charge in [0.15, 0.2) is 0 Å². The van der Waals surface area contributed by atoms with Crippen LogP contribution in [0.5, 0.6) is 0 Å². The van der Waals surface area contributed by atoms with Crippen LogP contribution in [0, 0.1) is 0 Å². The van der Waals surface area contributed by atoms with Gasteiger partial charge in [0, 0.05) is 11.4 Å². The lowest BCUT2D eigenvalue weighted by molar-refractivity contribution is 1.79. The van der Waals surface area contributed by atoms with Gasteiger partial charge in [-0.05, 0) is 5.54 Å². The Morgan fingerprint density at radius 3 is 1.75 bits per heavy atom. The molecular formula is C5H7Cl3. The smallest absolute Gasteiger partial charge is 0.0415 e. The summed E-state index contributed by atoms with van der Waals surface area (Å²) >= 11 is 14.9. The number of rotatable bonds is 1. The van der Waals surface area contributed by atoms with E-state index < -0.39 is 0 Å². The van der Waals surface area contributed by atoms with Gasteiger partial charge < -0.3 is 0 Å². The molecule has 8 heavy (non-hydrogen) atoms. The molecule has 0 bridgehead atoms. The van der Waals surface area contributed by atoms with E-state index in [0.29, 0.717) is 5.88 Å². The zero-order valence-corrected chi connectivity index (χ0v) is 6.55. The summed E-state index contributed by atoms with van der Waals surface area (Å²) in [5.74, 6) is 0.503. The summed E-state index contributed by atoms with van der Waals surface area (Å²) in [5, 5.41) is 0. The lowest BCUT2D eigenvalue weighted by Crippen LogP contribution is -1.48. The highest BCUT2D eigenvalue weighted by atomic mass is 35.5. The van der Waals surface area contributed by atoms with E-state index in [1.165, 1.54) is 11.1 Å². The molecule has 0 aliphatic carbocycles. The number of alkyl halides is 1. The number of hydrogen-bond donors (Lipinski definition) is 0. The monoisotopic (exact) mass is 172 g/mol. The van der Waals surface area contributed by atoms with Gasteiger partial charge in [-0.15, -0.1) is 11.6 Å². The zero-order chi connectivity index (χ0) is 6.83. The molecule has 0 aliphatic heterocycles. The molecule has 0 unspecified atom stereocenters. The Morgan fingerprint density at radius 2 is 1.75 bits per heavy atom. The minimum atomic E-state index is 0.503. The third kappa shape index (κ3) is 32.9. The molecule has 0 aromatic rings. The minimum Gasteiger partial charge on any atom is -0.122 e. The third-order valence-electron chi connectivity index (χ3n) is 0.178. The number of halogens is 3. The maximum absolute atomic E-state index is 5.13. The van der Waals surface area contributed by atoms with E-state index in [1.807, 2.05) is 0 Å². The average Bonchev–Trinajstić information content (AvgIpc) is 1.71. The van der Waals surface area contributed by atoms with Crippen molar-refractivity contribution in [2.24, 2.45) is 0 Å². The van der Waals surface area contributed by atoms with E-state index in [2.05, 4.69) is 6.58 Å². The first kappa shape index (κ1) is 11.2. The Bertz CT molecular complexity index is 58.7. The van der Waals surface area contributed by atoms with E-state index in [4.69, 9.17) is 34.8 Å². The maximum Gasteiger partial charge on any atom is 0.0415 e. The first-order valence-electron chi connectivity index (χ1n) is 1.85. The van der Waals surface area contributed by atoms with Crippen molar-refractivity contribution in [2.45, 2.75) is 0 Å². The van der Waals surface area contributed by atoms with Crippen LogP contribution in [-0.2, 0) is 0 Å². The summed E-state index contributed by atoms with van der Waals surface area (Å²) in [6, 6.07) is 0. The van der Waals surface area contributed by atoms with Crippen LogP contribution < -0.4 is 0 Å². The highest BCUT2D eigenvalue weighted by Crippen LogP contribution is 1.79. The fraction of sp³-hybridized carbons (Fsp3) is 0.200. The van der Waals surface area contributed by atoms with Gasteiger partial charge in [0.25, 0.3) is 0 Å². The van der Waals surface area contributed by atoms with Gasteiger partial charge in [-0.3, -0.25) is 0 Å². The first-order chi connectivity index (χ1) is 3.83. The molecule has 0 fully saturated rings. The summed E-state index contributed by atoms with van der Waals surface area (Å²) in [4.78, 5) is 0. The van der Waals surface area contributed by atoms with Crippen LogP contribution in [0.1, 0.15) is 0 Å². The normalized spacial score (nSPS) is 7.88. The van der Waals surface area contributed by atoms with E-state index in [0.717, 1.165) is 0 Å². The zero-order valence-electron chi connectivity index (χ0n) is 4.28. The van der Waals surface area contributed by atoms with Crippen LogP contribution in [0.25, 0.3) is 0 Å². The molecule has 48 valence electrons.